The second kappa shape index (κ2) is 6.26. The van der Waals surface area contributed by atoms with Crippen LogP contribution in [0.5, 0.6) is 0 Å². The minimum Gasteiger partial charge on any atom is -0.378 e. The fourth-order valence-corrected chi connectivity index (χ4v) is 2.34. The molecule has 110 valence electrons. The molecule has 1 aromatic heterocycles. The number of halogens is 1. The molecular weight excluding hydrogens is 369 g/mol. The number of anilines is 2. The van der Waals surface area contributed by atoms with Crippen LogP contribution in [-0.2, 0) is 9.53 Å². The van der Waals surface area contributed by atoms with E-state index in [1.807, 2.05) is 26.8 Å². The third kappa shape index (κ3) is 3.82. The van der Waals surface area contributed by atoms with Crippen molar-refractivity contribution in [3.05, 3.63) is 15.8 Å². The molecule has 0 atom stereocenters. The quantitative estimate of drug-likeness (QED) is 0.790. The summed E-state index contributed by atoms with van der Waals surface area (Å²) in [5.74, 6) is 0.933. The van der Waals surface area contributed by atoms with Gasteiger partial charge in [-0.15, -0.1) is 0 Å². The topological polar surface area (TPSA) is 54.5 Å². The fraction of sp³-hybridized carbons (Fsp3) is 0.571. The maximum Gasteiger partial charge on any atom is 0.229 e. The molecule has 1 saturated heterocycles. The second-order valence-electron chi connectivity index (χ2n) is 5.83. The lowest BCUT2D eigenvalue weighted by atomic mass is 9.96. The van der Waals surface area contributed by atoms with Gasteiger partial charge in [0.2, 0.25) is 5.91 Å². The lowest BCUT2D eigenvalue weighted by Gasteiger charge is -2.28. The monoisotopic (exact) mass is 389 g/mol. The summed E-state index contributed by atoms with van der Waals surface area (Å²) in [7, 11) is 0. The lowest BCUT2D eigenvalue weighted by Crippen LogP contribution is -2.36. The summed E-state index contributed by atoms with van der Waals surface area (Å²) in [4.78, 5) is 18.6. The molecule has 5 nitrogen and oxygen atoms in total. The molecule has 1 N–H and O–H groups in total. The number of rotatable bonds is 2. The van der Waals surface area contributed by atoms with Crippen LogP contribution in [0.15, 0.2) is 12.3 Å². The molecule has 1 aliphatic heterocycles. The molecule has 0 spiro atoms. The molecule has 1 fully saturated rings. The Kier molecular flexibility index (Phi) is 4.85. The van der Waals surface area contributed by atoms with Crippen molar-refractivity contribution < 1.29 is 9.53 Å². The van der Waals surface area contributed by atoms with Crippen molar-refractivity contribution in [1.29, 1.82) is 0 Å². The van der Waals surface area contributed by atoms with E-state index in [4.69, 9.17) is 4.74 Å². The van der Waals surface area contributed by atoms with Gasteiger partial charge in [0.1, 0.15) is 5.82 Å². The van der Waals surface area contributed by atoms with Crippen LogP contribution in [0.1, 0.15) is 20.8 Å². The molecule has 1 aromatic rings. The van der Waals surface area contributed by atoms with E-state index in [9.17, 15) is 4.79 Å². The number of carbonyl (C=O) groups is 1. The Morgan fingerprint density at radius 3 is 2.60 bits per heavy atom. The predicted molar refractivity (Wildman–Crippen MR) is 88.1 cm³/mol. The first kappa shape index (κ1) is 15.5. The van der Waals surface area contributed by atoms with E-state index in [0.717, 1.165) is 41.4 Å². The van der Waals surface area contributed by atoms with Crippen LogP contribution in [0, 0.1) is 8.99 Å². The maximum absolute atomic E-state index is 12.0. The second-order valence-corrected chi connectivity index (χ2v) is 6.99. The molecule has 2 heterocycles. The normalized spacial score (nSPS) is 16.1. The number of hydrogen-bond donors (Lipinski definition) is 1. The number of morpholine rings is 1. The van der Waals surface area contributed by atoms with Gasteiger partial charge in [-0.05, 0) is 28.7 Å². The van der Waals surface area contributed by atoms with Gasteiger partial charge in [0.15, 0.2) is 0 Å². The molecule has 0 radical (unpaired) electrons. The third-order valence-electron chi connectivity index (χ3n) is 3.10. The SMILES string of the molecule is CC(C)(C)C(=O)Nc1cnc(N2CCOCC2)cc1I. The van der Waals surface area contributed by atoms with Gasteiger partial charge in [-0.1, -0.05) is 20.8 Å². The first-order valence-corrected chi connectivity index (χ1v) is 7.75. The highest BCUT2D eigenvalue weighted by Crippen LogP contribution is 2.25. The number of hydrogen-bond acceptors (Lipinski definition) is 4. The van der Waals surface area contributed by atoms with Crippen molar-refractivity contribution in [3.8, 4) is 0 Å². The van der Waals surface area contributed by atoms with Crippen molar-refractivity contribution in [2.45, 2.75) is 20.8 Å². The highest BCUT2D eigenvalue weighted by Gasteiger charge is 2.22. The summed E-state index contributed by atoms with van der Waals surface area (Å²) in [6.07, 6.45) is 1.73. The summed E-state index contributed by atoms with van der Waals surface area (Å²) in [6.45, 7) is 8.87. The lowest BCUT2D eigenvalue weighted by molar-refractivity contribution is -0.123. The summed E-state index contributed by atoms with van der Waals surface area (Å²) >= 11 is 2.23. The van der Waals surface area contributed by atoms with Gasteiger partial charge in [0.25, 0.3) is 0 Å². The first-order chi connectivity index (χ1) is 9.38. The number of amides is 1. The van der Waals surface area contributed by atoms with Crippen LogP contribution >= 0.6 is 22.6 Å². The molecule has 0 aliphatic carbocycles. The van der Waals surface area contributed by atoms with Crippen LogP contribution in [-0.4, -0.2) is 37.2 Å². The van der Waals surface area contributed by atoms with E-state index in [1.54, 1.807) is 6.20 Å². The van der Waals surface area contributed by atoms with Gasteiger partial charge in [-0.3, -0.25) is 4.79 Å². The summed E-state index contributed by atoms with van der Waals surface area (Å²) < 4.78 is 6.33. The van der Waals surface area contributed by atoms with Crippen molar-refractivity contribution >= 4 is 40.0 Å². The van der Waals surface area contributed by atoms with Gasteiger partial charge >= 0.3 is 0 Å². The Morgan fingerprint density at radius 2 is 2.05 bits per heavy atom. The molecule has 0 aromatic carbocycles. The average Bonchev–Trinajstić information content (AvgIpc) is 2.41. The van der Waals surface area contributed by atoms with E-state index in [1.165, 1.54) is 0 Å². The highest BCUT2D eigenvalue weighted by molar-refractivity contribution is 14.1. The number of pyridine rings is 1. The third-order valence-corrected chi connectivity index (χ3v) is 4.00. The molecule has 1 amide bonds. The molecule has 1 aliphatic rings. The Balaban J connectivity index is 2.11. The van der Waals surface area contributed by atoms with Gasteiger partial charge in [0.05, 0.1) is 25.1 Å². The van der Waals surface area contributed by atoms with E-state index in [-0.39, 0.29) is 5.91 Å². The summed E-state index contributed by atoms with van der Waals surface area (Å²) in [5, 5.41) is 2.93. The number of ether oxygens (including phenoxy) is 1. The Morgan fingerprint density at radius 1 is 1.40 bits per heavy atom. The van der Waals surface area contributed by atoms with E-state index >= 15 is 0 Å². The smallest absolute Gasteiger partial charge is 0.229 e. The van der Waals surface area contributed by atoms with Crippen LogP contribution in [0.25, 0.3) is 0 Å². The zero-order valence-corrected chi connectivity index (χ0v) is 14.2. The van der Waals surface area contributed by atoms with Gasteiger partial charge in [-0.2, -0.15) is 0 Å². The van der Waals surface area contributed by atoms with Gasteiger partial charge in [0, 0.05) is 22.1 Å². The van der Waals surface area contributed by atoms with Crippen molar-refractivity contribution in [1.82, 2.24) is 4.98 Å². The van der Waals surface area contributed by atoms with Gasteiger partial charge in [-0.25, -0.2) is 4.98 Å². The zero-order valence-electron chi connectivity index (χ0n) is 12.1. The number of nitrogens with one attached hydrogen (secondary N) is 1. The predicted octanol–water partition coefficient (Wildman–Crippen LogP) is 2.51. The fourth-order valence-electron chi connectivity index (χ4n) is 1.79. The molecule has 0 bridgehead atoms. The molecule has 0 unspecified atom stereocenters. The number of carbonyl (C=O) groups excluding carboxylic acids is 1. The number of nitrogens with zero attached hydrogens (tertiary/aromatic N) is 2. The van der Waals surface area contributed by atoms with E-state index in [2.05, 4.69) is 37.8 Å². The van der Waals surface area contributed by atoms with Crippen molar-refractivity contribution in [2.75, 3.05) is 36.5 Å². The molecule has 6 heteroatoms. The van der Waals surface area contributed by atoms with Crippen molar-refractivity contribution in [3.63, 3.8) is 0 Å². The van der Waals surface area contributed by atoms with Crippen LogP contribution in [0.4, 0.5) is 11.5 Å². The molecular formula is C14H20IN3O2. The molecule has 2 rings (SSSR count). The minimum absolute atomic E-state index is 0.00339. The largest absolute Gasteiger partial charge is 0.378 e. The highest BCUT2D eigenvalue weighted by atomic mass is 127. The first-order valence-electron chi connectivity index (χ1n) is 6.67. The van der Waals surface area contributed by atoms with E-state index in [0.29, 0.717) is 0 Å². The van der Waals surface area contributed by atoms with Gasteiger partial charge < -0.3 is 15.0 Å². The standard InChI is InChI=1S/C14H20IN3O2/c1-14(2,3)13(19)17-11-9-16-12(8-10(11)15)18-4-6-20-7-5-18/h8-9H,4-7H2,1-3H3,(H,17,19). The Labute approximate surface area is 133 Å². The average molecular weight is 389 g/mol. The van der Waals surface area contributed by atoms with Crippen LogP contribution in [0.3, 0.4) is 0 Å². The Bertz CT molecular complexity index is 494. The van der Waals surface area contributed by atoms with E-state index < -0.39 is 5.41 Å². The molecule has 20 heavy (non-hydrogen) atoms. The summed E-state index contributed by atoms with van der Waals surface area (Å²) in [6, 6.07) is 2.00. The zero-order chi connectivity index (χ0) is 14.8. The van der Waals surface area contributed by atoms with Crippen LogP contribution in [0.2, 0.25) is 0 Å². The molecule has 0 saturated carbocycles. The maximum atomic E-state index is 12.0. The van der Waals surface area contributed by atoms with Crippen molar-refractivity contribution in [2.24, 2.45) is 5.41 Å². The summed E-state index contributed by atoms with van der Waals surface area (Å²) in [5.41, 5.74) is 0.355. The minimum atomic E-state index is -0.411. The number of aromatic nitrogens is 1. The Hall–Kier alpha value is -0.890. The van der Waals surface area contributed by atoms with Crippen LogP contribution < -0.4 is 10.2 Å².